The molecule has 0 spiro atoms. The third-order valence-corrected chi connectivity index (χ3v) is 4.10. The fraction of sp³-hybridized carbons (Fsp3) is 0.625. The molecule has 1 fully saturated rings. The van der Waals surface area contributed by atoms with Gasteiger partial charge in [0.05, 0.1) is 13.2 Å². The Labute approximate surface area is 116 Å². The summed E-state index contributed by atoms with van der Waals surface area (Å²) < 4.78 is 10.8. The Morgan fingerprint density at radius 2 is 1.79 bits per heavy atom. The first-order chi connectivity index (χ1) is 9.24. The lowest BCUT2D eigenvalue weighted by atomic mass is 9.92. The van der Waals surface area contributed by atoms with Crippen molar-refractivity contribution in [1.82, 2.24) is 5.32 Å². The van der Waals surface area contributed by atoms with E-state index in [2.05, 4.69) is 24.4 Å². The molecule has 106 valence electrons. The van der Waals surface area contributed by atoms with Crippen LogP contribution in [0.3, 0.4) is 0 Å². The van der Waals surface area contributed by atoms with Gasteiger partial charge in [0.15, 0.2) is 0 Å². The summed E-state index contributed by atoms with van der Waals surface area (Å²) in [5.41, 5.74) is 1.24. The minimum absolute atomic E-state index is 0.320. The third-order valence-electron chi connectivity index (χ3n) is 4.10. The van der Waals surface area contributed by atoms with Crippen LogP contribution < -0.4 is 10.1 Å². The van der Waals surface area contributed by atoms with Crippen LogP contribution in [0.2, 0.25) is 0 Å². The zero-order valence-electron chi connectivity index (χ0n) is 12.2. The van der Waals surface area contributed by atoms with Crippen LogP contribution in [0.5, 0.6) is 5.75 Å². The van der Waals surface area contributed by atoms with Crippen molar-refractivity contribution in [3.05, 3.63) is 29.8 Å². The molecule has 0 saturated heterocycles. The van der Waals surface area contributed by atoms with Gasteiger partial charge in [0.1, 0.15) is 5.75 Å². The second-order valence-corrected chi connectivity index (χ2v) is 5.34. The molecule has 1 aliphatic carbocycles. The highest BCUT2D eigenvalue weighted by atomic mass is 16.5. The molecular formula is C16H25NO2. The van der Waals surface area contributed by atoms with Crippen LogP contribution in [0.25, 0.3) is 0 Å². The zero-order chi connectivity index (χ0) is 13.7. The average molecular weight is 263 g/mol. The van der Waals surface area contributed by atoms with Gasteiger partial charge in [0, 0.05) is 24.8 Å². The monoisotopic (exact) mass is 263 g/mol. The molecule has 0 heterocycles. The van der Waals surface area contributed by atoms with Crippen LogP contribution in [0, 0.1) is 0 Å². The quantitative estimate of drug-likeness (QED) is 0.884. The van der Waals surface area contributed by atoms with E-state index in [9.17, 15) is 0 Å². The predicted molar refractivity (Wildman–Crippen MR) is 77.6 cm³/mol. The summed E-state index contributed by atoms with van der Waals surface area (Å²) in [6.07, 6.45) is 5.16. The van der Waals surface area contributed by atoms with Crippen molar-refractivity contribution in [2.45, 2.75) is 50.8 Å². The Morgan fingerprint density at radius 3 is 2.42 bits per heavy atom. The van der Waals surface area contributed by atoms with Crippen molar-refractivity contribution in [1.29, 1.82) is 0 Å². The molecule has 1 N–H and O–H groups in total. The van der Waals surface area contributed by atoms with Crippen molar-refractivity contribution in [3.63, 3.8) is 0 Å². The number of benzene rings is 1. The van der Waals surface area contributed by atoms with E-state index in [1.165, 1.54) is 18.4 Å². The average Bonchev–Trinajstić information content (AvgIpc) is 2.48. The lowest BCUT2D eigenvalue weighted by Crippen LogP contribution is -2.36. The van der Waals surface area contributed by atoms with Crippen molar-refractivity contribution in [2.24, 2.45) is 0 Å². The summed E-state index contributed by atoms with van der Waals surface area (Å²) in [4.78, 5) is 0. The number of hydrogen-bond donors (Lipinski definition) is 1. The fourth-order valence-corrected chi connectivity index (χ4v) is 2.93. The maximum absolute atomic E-state index is 5.43. The Bertz CT molecular complexity index is 386. The molecule has 1 aliphatic rings. The van der Waals surface area contributed by atoms with E-state index in [4.69, 9.17) is 9.47 Å². The molecule has 3 heteroatoms. The molecule has 1 atom stereocenters. The number of methoxy groups -OCH3 is 2. The highest BCUT2D eigenvalue weighted by Crippen LogP contribution is 2.27. The van der Waals surface area contributed by atoms with E-state index in [1.54, 1.807) is 7.11 Å². The summed E-state index contributed by atoms with van der Waals surface area (Å²) in [6, 6.07) is 9.15. The van der Waals surface area contributed by atoms with Crippen LogP contribution >= 0.6 is 0 Å². The first-order valence-electron chi connectivity index (χ1n) is 7.16. The van der Waals surface area contributed by atoms with Crippen molar-refractivity contribution >= 4 is 0 Å². The molecule has 1 saturated carbocycles. The van der Waals surface area contributed by atoms with Crippen LogP contribution in [0.4, 0.5) is 0 Å². The van der Waals surface area contributed by atoms with E-state index in [1.807, 2.05) is 19.2 Å². The van der Waals surface area contributed by atoms with Gasteiger partial charge in [0.25, 0.3) is 0 Å². The summed E-state index contributed by atoms with van der Waals surface area (Å²) >= 11 is 0. The van der Waals surface area contributed by atoms with Gasteiger partial charge in [-0.05, 0) is 38.7 Å². The van der Waals surface area contributed by atoms with Crippen molar-refractivity contribution in [3.8, 4) is 5.75 Å². The Morgan fingerprint density at radius 1 is 1.11 bits per heavy atom. The van der Waals surface area contributed by atoms with Gasteiger partial charge in [-0.3, -0.25) is 0 Å². The standard InChI is InChI=1S/C16H25NO2/c1-12(15-6-4-5-7-16(15)19-3)17-13-8-10-14(18-2)11-9-13/h4-7,12-14,17H,8-11H2,1-3H3/t12-,13?,14?/m0/s1. The molecule has 1 aromatic carbocycles. The first kappa shape index (κ1) is 14.4. The van der Waals surface area contributed by atoms with Gasteiger partial charge < -0.3 is 14.8 Å². The molecule has 2 rings (SSSR count). The van der Waals surface area contributed by atoms with Gasteiger partial charge in [-0.15, -0.1) is 0 Å². The number of ether oxygens (including phenoxy) is 2. The molecular weight excluding hydrogens is 238 g/mol. The lowest BCUT2D eigenvalue weighted by Gasteiger charge is -2.31. The Balaban J connectivity index is 1.92. The maximum atomic E-state index is 5.43. The molecule has 19 heavy (non-hydrogen) atoms. The Hall–Kier alpha value is -1.06. The first-order valence-corrected chi connectivity index (χ1v) is 7.16. The van der Waals surface area contributed by atoms with E-state index >= 15 is 0 Å². The summed E-state index contributed by atoms with van der Waals surface area (Å²) in [5, 5.41) is 3.72. The molecule has 3 nitrogen and oxygen atoms in total. The molecule has 1 aromatic rings. The van der Waals surface area contributed by atoms with Crippen LogP contribution in [0.1, 0.15) is 44.2 Å². The van der Waals surface area contributed by atoms with Gasteiger partial charge >= 0.3 is 0 Å². The van der Waals surface area contributed by atoms with Crippen molar-refractivity contribution < 1.29 is 9.47 Å². The number of hydrogen-bond acceptors (Lipinski definition) is 3. The normalized spacial score (nSPS) is 25.0. The number of rotatable bonds is 5. The molecule has 0 bridgehead atoms. The molecule has 0 aliphatic heterocycles. The number of nitrogens with one attached hydrogen (secondary N) is 1. The largest absolute Gasteiger partial charge is 0.496 e. The van der Waals surface area contributed by atoms with Crippen LogP contribution in [-0.4, -0.2) is 26.4 Å². The highest BCUT2D eigenvalue weighted by molar-refractivity contribution is 5.35. The lowest BCUT2D eigenvalue weighted by molar-refractivity contribution is 0.0613. The minimum Gasteiger partial charge on any atom is -0.496 e. The van der Waals surface area contributed by atoms with E-state index in [0.717, 1.165) is 18.6 Å². The second-order valence-electron chi connectivity index (χ2n) is 5.34. The fourth-order valence-electron chi connectivity index (χ4n) is 2.93. The topological polar surface area (TPSA) is 30.5 Å². The highest BCUT2D eigenvalue weighted by Gasteiger charge is 2.22. The van der Waals surface area contributed by atoms with E-state index in [0.29, 0.717) is 18.2 Å². The SMILES string of the molecule is COc1ccccc1[C@H](C)NC1CCC(OC)CC1. The predicted octanol–water partition coefficient (Wildman–Crippen LogP) is 3.30. The van der Waals surface area contributed by atoms with Crippen LogP contribution in [0.15, 0.2) is 24.3 Å². The number of para-hydroxylation sites is 1. The van der Waals surface area contributed by atoms with E-state index < -0.39 is 0 Å². The van der Waals surface area contributed by atoms with Crippen molar-refractivity contribution in [2.75, 3.05) is 14.2 Å². The van der Waals surface area contributed by atoms with Crippen LogP contribution in [-0.2, 0) is 4.74 Å². The van der Waals surface area contributed by atoms with Gasteiger partial charge in [-0.1, -0.05) is 18.2 Å². The van der Waals surface area contributed by atoms with E-state index in [-0.39, 0.29) is 0 Å². The maximum Gasteiger partial charge on any atom is 0.123 e. The summed E-state index contributed by atoms with van der Waals surface area (Å²) in [7, 11) is 3.55. The minimum atomic E-state index is 0.320. The smallest absolute Gasteiger partial charge is 0.123 e. The zero-order valence-corrected chi connectivity index (χ0v) is 12.2. The molecule has 0 aromatic heterocycles. The molecule has 0 radical (unpaired) electrons. The Kier molecular flexibility index (Phi) is 5.23. The third kappa shape index (κ3) is 3.71. The summed E-state index contributed by atoms with van der Waals surface area (Å²) in [5.74, 6) is 0.966. The second kappa shape index (κ2) is 6.92. The molecule has 0 amide bonds. The van der Waals surface area contributed by atoms with Gasteiger partial charge in [0.2, 0.25) is 0 Å². The summed E-state index contributed by atoms with van der Waals surface area (Å²) in [6.45, 7) is 2.21. The van der Waals surface area contributed by atoms with Gasteiger partial charge in [-0.2, -0.15) is 0 Å². The molecule has 0 unspecified atom stereocenters. The van der Waals surface area contributed by atoms with Gasteiger partial charge in [-0.25, -0.2) is 0 Å².